The summed E-state index contributed by atoms with van der Waals surface area (Å²) in [4.78, 5) is 26.1. The minimum atomic E-state index is -0.467. The van der Waals surface area contributed by atoms with Crippen molar-refractivity contribution >= 4 is 17.0 Å². The number of aryl methyl sites for hydroxylation is 1. The first kappa shape index (κ1) is 17.0. The number of fused-ring (bicyclic) bond motifs is 1. The minimum Gasteiger partial charge on any atom is -0.408 e. The Hall–Kier alpha value is -2.86. The van der Waals surface area contributed by atoms with Crippen molar-refractivity contribution in [3.63, 3.8) is 0 Å². The van der Waals surface area contributed by atoms with Crippen LogP contribution in [0.3, 0.4) is 0 Å². The molecule has 0 aliphatic rings. The van der Waals surface area contributed by atoms with Crippen molar-refractivity contribution in [2.24, 2.45) is 0 Å². The summed E-state index contributed by atoms with van der Waals surface area (Å²) in [6.45, 7) is 0.828. The summed E-state index contributed by atoms with van der Waals surface area (Å²) in [5.41, 5.74) is 2.18. The molecular weight excluding hydrogens is 320 g/mol. The maximum atomic E-state index is 12.5. The van der Waals surface area contributed by atoms with E-state index in [9.17, 15) is 14.7 Å². The molecule has 0 fully saturated rings. The van der Waals surface area contributed by atoms with Crippen LogP contribution in [0.15, 0.2) is 63.8 Å². The SMILES string of the molecule is O=C(CCn1c(=O)oc2ccccc21)N(CCO)Cc1ccccc1. The van der Waals surface area contributed by atoms with E-state index in [2.05, 4.69) is 0 Å². The van der Waals surface area contributed by atoms with Gasteiger partial charge < -0.3 is 14.4 Å². The van der Waals surface area contributed by atoms with Crippen molar-refractivity contribution in [2.75, 3.05) is 13.2 Å². The standard InChI is InChI=1S/C19H20N2O4/c22-13-12-20(14-15-6-2-1-3-7-15)18(23)10-11-21-16-8-4-5-9-17(16)25-19(21)24/h1-9,22H,10-14H2. The molecule has 0 saturated heterocycles. The van der Waals surface area contributed by atoms with E-state index in [1.54, 1.807) is 23.1 Å². The van der Waals surface area contributed by atoms with Gasteiger partial charge in [0.2, 0.25) is 5.91 Å². The molecule has 0 bridgehead atoms. The van der Waals surface area contributed by atoms with Crippen LogP contribution in [-0.4, -0.2) is 33.6 Å². The van der Waals surface area contributed by atoms with Crippen LogP contribution in [0.1, 0.15) is 12.0 Å². The van der Waals surface area contributed by atoms with Crippen LogP contribution in [0.5, 0.6) is 0 Å². The van der Waals surface area contributed by atoms with E-state index in [0.717, 1.165) is 5.56 Å². The van der Waals surface area contributed by atoms with E-state index in [-0.39, 0.29) is 32.0 Å². The third-order valence-corrected chi connectivity index (χ3v) is 4.06. The van der Waals surface area contributed by atoms with Crippen molar-refractivity contribution in [1.82, 2.24) is 9.47 Å². The van der Waals surface area contributed by atoms with Crippen LogP contribution < -0.4 is 5.76 Å². The fourth-order valence-electron chi connectivity index (χ4n) is 2.81. The van der Waals surface area contributed by atoms with E-state index in [0.29, 0.717) is 17.6 Å². The lowest BCUT2D eigenvalue weighted by molar-refractivity contribution is -0.132. The fraction of sp³-hybridized carbons (Fsp3) is 0.263. The Morgan fingerprint density at radius 2 is 1.80 bits per heavy atom. The number of oxazole rings is 1. The Bertz CT molecular complexity index is 898. The van der Waals surface area contributed by atoms with E-state index in [4.69, 9.17) is 4.42 Å². The number of benzene rings is 2. The lowest BCUT2D eigenvalue weighted by atomic mass is 10.2. The third-order valence-electron chi connectivity index (χ3n) is 4.06. The molecule has 25 heavy (non-hydrogen) atoms. The Kier molecular flexibility index (Phi) is 5.30. The van der Waals surface area contributed by atoms with Gasteiger partial charge in [-0.25, -0.2) is 4.79 Å². The van der Waals surface area contributed by atoms with Crippen LogP contribution in [-0.2, 0) is 17.9 Å². The molecule has 1 aromatic heterocycles. The van der Waals surface area contributed by atoms with Crippen LogP contribution in [0, 0.1) is 0 Å². The zero-order valence-electron chi connectivity index (χ0n) is 13.8. The van der Waals surface area contributed by atoms with Crippen molar-refractivity contribution in [2.45, 2.75) is 19.5 Å². The van der Waals surface area contributed by atoms with Gasteiger partial charge in [0.05, 0.1) is 12.1 Å². The van der Waals surface area contributed by atoms with Crippen molar-refractivity contribution in [3.05, 3.63) is 70.7 Å². The molecule has 0 aliphatic carbocycles. The minimum absolute atomic E-state index is 0.104. The van der Waals surface area contributed by atoms with Gasteiger partial charge in [0.1, 0.15) is 0 Å². The molecule has 0 spiro atoms. The molecule has 1 heterocycles. The van der Waals surface area contributed by atoms with Crippen LogP contribution in [0.2, 0.25) is 0 Å². The highest BCUT2D eigenvalue weighted by molar-refractivity contribution is 5.77. The van der Waals surface area contributed by atoms with Crippen molar-refractivity contribution in [3.8, 4) is 0 Å². The summed E-state index contributed by atoms with van der Waals surface area (Å²) in [6.07, 6.45) is 0.163. The molecule has 3 rings (SSSR count). The smallest absolute Gasteiger partial charge is 0.408 e. The molecule has 130 valence electrons. The number of para-hydroxylation sites is 2. The van der Waals surface area contributed by atoms with Crippen molar-refractivity contribution < 1.29 is 14.3 Å². The molecular formula is C19H20N2O4. The first-order valence-electron chi connectivity index (χ1n) is 8.20. The largest absolute Gasteiger partial charge is 0.419 e. The number of nitrogens with zero attached hydrogens (tertiary/aromatic N) is 2. The number of aliphatic hydroxyl groups excluding tert-OH is 1. The number of hydrogen-bond acceptors (Lipinski definition) is 4. The maximum absolute atomic E-state index is 12.5. The quantitative estimate of drug-likeness (QED) is 0.714. The van der Waals surface area contributed by atoms with E-state index in [1.807, 2.05) is 36.4 Å². The van der Waals surface area contributed by atoms with Gasteiger partial charge in [-0.3, -0.25) is 9.36 Å². The predicted octanol–water partition coefficient (Wildman–Crippen LogP) is 2.01. The van der Waals surface area contributed by atoms with Crippen molar-refractivity contribution in [1.29, 1.82) is 0 Å². The molecule has 0 atom stereocenters. The number of amides is 1. The zero-order chi connectivity index (χ0) is 17.6. The van der Waals surface area contributed by atoms with Gasteiger partial charge in [-0.2, -0.15) is 0 Å². The number of aromatic nitrogens is 1. The lowest BCUT2D eigenvalue weighted by Gasteiger charge is -2.22. The van der Waals surface area contributed by atoms with Gasteiger partial charge in [0, 0.05) is 26.1 Å². The number of carbonyl (C=O) groups excluding carboxylic acids is 1. The summed E-state index contributed by atoms with van der Waals surface area (Å²) in [5, 5.41) is 9.24. The van der Waals surface area contributed by atoms with Crippen LogP contribution in [0.4, 0.5) is 0 Å². The Morgan fingerprint density at radius 3 is 2.56 bits per heavy atom. The number of aliphatic hydroxyl groups is 1. The fourth-order valence-corrected chi connectivity index (χ4v) is 2.81. The third kappa shape index (κ3) is 3.97. The Balaban J connectivity index is 1.70. The lowest BCUT2D eigenvalue weighted by Crippen LogP contribution is -2.34. The molecule has 6 nitrogen and oxygen atoms in total. The number of carbonyl (C=O) groups is 1. The number of rotatable bonds is 7. The normalized spacial score (nSPS) is 10.9. The van der Waals surface area contributed by atoms with Gasteiger partial charge in [0.15, 0.2) is 5.58 Å². The molecule has 2 aromatic carbocycles. The van der Waals surface area contributed by atoms with E-state index >= 15 is 0 Å². The maximum Gasteiger partial charge on any atom is 0.419 e. The predicted molar refractivity (Wildman–Crippen MR) is 94.0 cm³/mol. The highest BCUT2D eigenvalue weighted by Crippen LogP contribution is 2.13. The number of hydrogen-bond donors (Lipinski definition) is 1. The van der Waals surface area contributed by atoms with Gasteiger partial charge in [-0.1, -0.05) is 42.5 Å². The average molecular weight is 340 g/mol. The summed E-state index contributed by atoms with van der Waals surface area (Å²) < 4.78 is 6.64. The van der Waals surface area contributed by atoms with Gasteiger partial charge in [-0.15, -0.1) is 0 Å². The summed E-state index contributed by atoms with van der Waals surface area (Å²) in [7, 11) is 0. The molecule has 0 radical (unpaired) electrons. The van der Waals surface area contributed by atoms with Gasteiger partial charge in [-0.05, 0) is 17.7 Å². The molecule has 1 amide bonds. The summed E-state index contributed by atoms with van der Waals surface area (Å²) in [6, 6.07) is 16.7. The second-order valence-corrected chi connectivity index (χ2v) is 5.76. The molecule has 6 heteroatoms. The van der Waals surface area contributed by atoms with E-state index < -0.39 is 5.76 Å². The first-order valence-corrected chi connectivity index (χ1v) is 8.20. The topological polar surface area (TPSA) is 75.7 Å². The monoisotopic (exact) mass is 340 g/mol. The average Bonchev–Trinajstić information content (AvgIpc) is 2.95. The zero-order valence-corrected chi connectivity index (χ0v) is 13.8. The molecule has 0 saturated carbocycles. The second-order valence-electron chi connectivity index (χ2n) is 5.76. The molecule has 3 aromatic rings. The summed E-state index contributed by atoms with van der Waals surface area (Å²) in [5.74, 6) is -0.583. The second kappa shape index (κ2) is 7.81. The molecule has 0 unspecified atom stereocenters. The van der Waals surface area contributed by atoms with Gasteiger partial charge >= 0.3 is 5.76 Å². The highest BCUT2D eigenvalue weighted by Gasteiger charge is 2.15. The van der Waals surface area contributed by atoms with Gasteiger partial charge in [0.25, 0.3) is 0 Å². The first-order chi connectivity index (χ1) is 12.2. The molecule has 0 aliphatic heterocycles. The van der Waals surface area contributed by atoms with Crippen LogP contribution >= 0.6 is 0 Å². The Labute approximate surface area is 144 Å². The summed E-state index contributed by atoms with van der Waals surface area (Å²) >= 11 is 0. The Morgan fingerprint density at radius 1 is 1.08 bits per heavy atom. The molecule has 1 N–H and O–H groups in total. The van der Waals surface area contributed by atoms with E-state index in [1.165, 1.54) is 4.57 Å². The van der Waals surface area contributed by atoms with Crippen LogP contribution in [0.25, 0.3) is 11.1 Å². The highest BCUT2D eigenvalue weighted by atomic mass is 16.4.